The van der Waals surface area contributed by atoms with Crippen LogP contribution >= 0.6 is 0 Å². The van der Waals surface area contributed by atoms with E-state index in [1.807, 2.05) is 19.9 Å². The van der Waals surface area contributed by atoms with E-state index in [2.05, 4.69) is 6.92 Å². The molecule has 6 nitrogen and oxygen atoms in total. The molecule has 0 aromatic rings. The minimum Gasteiger partial charge on any atom is -0.455 e. The van der Waals surface area contributed by atoms with Gasteiger partial charge in [-0.3, -0.25) is 9.59 Å². The van der Waals surface area contributed by atoms with Crippen molar-refractivity contribution in [2.24, 2.45) is 34.5 Å². The molecule has 34 heavy (non-hydrogen) atoms. The number of ketones is 1. The van der Waals surface area contributed by atoms with Crippen LogP contribution in [0.2, 0.25) is 0 Å². The number of carbonyl (C=O) groups is 3. The molecule has 6 heteroatoms. The summed E-state index contributed by atoms with van der Waals surface area (Å²) in [6, 6.07) is 0. The van der Waals surface area contributed by atoms with Crippen LogP contribution in [0.3, 0.4) is 0 Å². The van der Waals surface area contributed by atoms with Crippen LogP contribution in [0.15, 0.2) is 23.3 Å². The third-order valence-corrected chi connectivity index (χ3v) is 11.8. The van der Waals surface area contributed by atoms with Gasteiger partial charge in [0.2, 0.25) is 0 Å². The van der Waals surface area contributed by atoms with Crippen LogP contribution in [0.5, 0.6) is 0 Å². The normalized spacial score (nSPS) is 55.0. The summed E-state index contributed by atoms with van der Waals surface area (Å²) >= 11 is 0. The number of cyclic esters (lactones) is 2. The van der Waals surface area contributed by atoms with E-state index >= 15 is 0 Å². The maximum atomic E-state index is 13.8. The SMILES string of the molecule is CC1=C(C)C(=O)O[C@@H]([C@]2(C)OC(=O)[C@@]34CC[C@H]5[C@H](C[C@H]6O[C@]67CC=CC(=O)[C@]57C)[C@H]3CC[C@@H]24)C1. The number of esters is 2. The minimum atomic E-state index is -0.807. The molecule has 0 aromatic heterocycles. The van der Waals surface area contributed by atoms with E-state index in [1.165, 1.54) is 0 Å². The monoisotopic (exact) mass is 466 g/mol. The fourth-order valence-electron chi connectivity index (χ4n) is 9.82. The number of carbonyl (C=O) groups excluding carboxylic acids is 3. The number of allylic oxidation sites excluding steroid dienone is 1. The minimum absolute atomic E-state index is 0.0315. The van der Waals surface area contributed by atoms with Gasteiger partial charge in [-0.1, -0.05) is 11.6 Å². The molecule has 3 heterocycles. The van der Waals surface area contributed by atoms with E-state index in [0.29, 0.717) is 12.0 Å². The Kier molecular flexibility index (Phi) is 3.91. The zero-order valence-corrected chi connectivity index (χ0v) is 20.5. The van der Waals surface area contributed by atoms with Gasteiger partial charge in [0.15, 0.2) is 11.4 Å². The molecular formula is C28H34O6. The van der Waals surface area contributed by atoms with Gasteiger partial charge >= 0.3 is 11.9 Å². The number of ether oxygens (including phenoxy) is 3. The Bertz CT molecular complexity index is 1100. The van der Waals surface area contributed by atoms with Gasteiger partial charge < -0.3 is 14.2 Å². The van der Waals surface area contributed by atoms with Crippen LogP contribution in [0.25, 0.3) is 0 Å². The van der Waals surface area contributed by atoms with E-state index in [9.17, 15) is 14.4 Å². The third-order valence-electron chi connectivity index (χ3n) is 11.8. The molecule has 0 bridgehead atoms. The number of hydrogen-bond donors (Lipinski definition) is 0. The first-order valence-corrected chi connectivity index (χ1v) is 13.1. The predicted octanol–water partition coefficient (Wildman–Crippen LogP) is 4.07. The average Bonchev–Trinajstić information content (AvgIpc) is 3.26. The van der Waals surface area contributed by atoms with Gasteiger partial charge in [-0.2, -0.15) is 0 Å². The lowest BCUT2D eigenvalue weighted by Crippen LogP contribution is -2.60. The van der Waals surface area contributed by atoms with Crippen LogP contribution in [-0.2, 0) is 28.6 Å². The van der Waals surface area contributed by atoms with Gasteiger partial charge in [0, 0.05) is 17.9 Å². The van der Waals surface area contributed by atoms with Crippen molar-refractivity contribution < 1.29 is 28.6 Å². The first-order valence-electron chi connectivity index (χ1n) is 13.1. The van der Waals surface area contributed by atoms with Crippen molar-refractivity contribution in [3.8, 4) is 0 Å². The van der Waals surface area contributed by atoms with Gasteiger partial charge in [-0.05, 0) is 90.0 Å². The highest BCUT2D eigenvalue weighted by atomic mass is 16.6. The zero-order valence-electron chi connectivity index (χ0n) is 20.5. The second-order valence-corrected chi connectivity index (χ2v) is 12.6. The molecule has 5 fully saturated rings. The Morgan fingerprint density at radius 1 is 1.00 bits per heavy atom. The van der Waals surface area contributed by atoms with Crippen molar-refractivity contribution in [2.75, 3.05) is 0 Å². The lowest BCUT2D eigenvalue weighted by molar-refractivity contribution is -0.178. The van der Waals surface area contributed by atoms with Crippen molar-refractivity contribution in [3.63, 3.8) is 0 Å². The quantitative estimate of drug-likeness (QED) is 0.428. The molecule has 0 unspecified atom stereocenters. The predicted molar refractivity (Wildman–Crippen MR) is 121 cm³/mol. The summed E-state index contributed by atoms with van der Waals surface area (Å²) in [7, 11) is 0. The molecule has 2 spiro atoms. The number of epoxide rings is 1. The molecule has 0 aromatic carbocycles. The van der Waals surface area contributed by atoms with Crippen molar-refractivity contribution in [1.82, 2.24) is 0 Å². The molecule has 3 saturated carbocycles. The van der Waals surface area contributed by atoms with E-state index in [-0.39, 0.29) is 53.1 Å². The summed E-state index contributed by atoms with van der Waals surface area (Å²) in [6.07, 6.45) is 9.25. The molecule has 182 valence electrons. The molecular weight excluding hydrogens is 432 g/mol. The summed E-state index contributed by atoms with van der Waals surface area (Å²) in [4.78, 5) is 39.6. The smallest absolute Gasteiger partial charge is 0.334 e. The van der Waals surface area contributed by atoms with Crippen molar-refractivity contribution in [3.05, 3.63) is 23.3 Å². The Balaban J connectivity index is 1.25. The fourth-order valence-corrected chi connectivity index (χ4v) is 9.82. The molecule has 7 aliphatic rings. The Morgan fingerprint density at radius 2 is 1.79 bits per heavy atom. The molecule has 10 atom stereocenters. The molecule has 0 N–H and O–H groups in total. The summed E-state index contributed by atoms with van der Waals surface area (Å²) in [6.45, 7) is 7.91. The Labute approximate surface area is 200 Å². The Morgan fingerprint density at radius 3 is 2.56 bits per heavy atom. The van der Waals surface area contributed by atoms with E-state index in [0.717, 1.165) is 44.1 Å². The first kappa shape index (κ1) is 21.3. The van der Waals surface area contributed by atoms with Crippen LogP contribution in [0.1, 0.15) is 72.6 Å². The van der Waals surface area contributed by atoms with E-state index < -0.39 is 22.5 Å². The van der Waals surface area contributed by atoms with E-state index in [1.54, 1.807) is 13.0 Å². The Hall–Kier alpha value is -1.95. The maximum absolute atomic E-state index is 13.8. The number of rotatable bonds is 1. The molecule has 3 aliphatic heterocycles. The molecule has 7 rings (SSSR count). The standard InChI is InChI=1S/C28H34O6/c1-14-12-21(32-23(30)15(14)2)26(4)19-8-7-18-16-13-22-28(33-22)10-5-6-20(29)25(28,3)17(16)9-11-27(18,19)24(31)34-26/h5-6,16-19,21-22H,7-13H2,1-4H3/t16-,17-,18+,19-,21+,22+,25-,26+,27-,28+/m0/s1. The van der Waals surface area contributed by atoms with Gasteiger partial charge in [0.1, 0.15) is 11.7 Å². The van der Waals surface area contributed by atoms with Gasteiger partial charge in [-0.15, -0.1) is 0 Å². The van der Waals surface area contributed by atoms with Crippen LogP contribution in [-0.4, -0.2) is 41.1 Å². The van der Waals surface area contributed by atoms with Gasteiger partial charge in [-0.25, -0.2) is 4.79 Å². The summed E-state index contributed by atoms with van der Waals surface area (Å²) < 4.78 is 18.5. The van der Waals surface area contributed by atoms with Crippen LogP contribution in [0, 0.1) is 34.5 Å². The highest BCUT2D eigenvalue weighted by molar-refractivity contribution is 5.98. The van der Waals surface area contributed by atoms with E-state index in [4.69, 9.17) is 14.2 Å². The lowest BCUT2D eigenvalue weighted by atomic mass is 9.44. The molecule has 0 amide bonds. The highest BCUT2D eigenvalue weighted by Gasteiger charge is 2.80. The number of fused-ring (bicyclic) bond motifs is 3. The fraction of sp³-hybridized carbons (Fsp3) is 0.750. The summed E-state index contributed by atoms with van der Waals surface area (Å²) in [5, 5.41) is 0. The van der Waals surface area contributed by atoms with Gasteiger partial charge in [0.05, 0.1) is 16.9 Å². The number of hydrogen-bond acceptors (Lipinski definition) is 6. The first-order chi connectivity index (χ1) is 16.1. The second-order valence-electron chi connectivity index (χ2n) is 12.6. The van der Waals surface area contributed by atoms with Crippen LogP contribution in [0.4, 0.5) is 0 Å². The zero-order chi connectivity index (χ0) is 23.8. The lowest BCUT2D eigenvalue weighted by Gasteiger charge is -2.56. The van der Waals surface area contributed by atoms with Crippen molar-refractivity contribution in [2.45, 2.75) is 96.1 Å². The average molecular weight is 467 g/mol. The van der Waals surface area contributed by atoms with Crippen molar-refractivity contribution in [1.29, 1.82) is 0 Å². The van der Waals surface area contributed by atoms with Crippen molar-refractivity contribution >= 4 is 17.7 Å². The summed E-state index contributed by atoms with van der Waals surface area (Å²) in [5.41, 5.74) is -0.490. The highest BCUT2D eigenvalue weighted by Crippen LogP contribution is 2.75. The largest absolute Gasteiger partial charge is 0.455 e. The molecule has 0 radical (unpaired) electrons. The summed E-state index contributed by atoms with van der Waals surface area (Å²) in [5.74, 6) is 0.550. The molecule has 4 aliphatic carbocycles. The third kappa shape index (κ3) is 2.13. The maximum Gasteiger partial charge on any atom is 0.334 e. The molecule has 2 saturated heterocycles. The van der Waals surface area contributed by atoms with Gasteiger partial charge in [0.25, 0.3) is 0 Å². The van der Waals surface area contributed by atoms with Crippen LogP contribution < -0.4 is 0 Å². The second kappa shape index (κ2) is 6.24. The topological polar surface area (TPSA) is 82.2 Å².